The van der Waals surface area contributed by atoms with E-state index in [4.69, 9.17) is 5.73 Å². The van der Waals surface area contributed by atoms with Crippen LogP contribution in [0.25, 0.3) is 0 Å². The first-order valence-electron chi connectivity index (χ1n) is 7.54. The zero-order chi connectivity index (χ0) is 15.7. The number of alkyl halides is 3. The number of nitrogens with two attached hydrogens (primary N) is 1. The molecule has 1 saturated heterocycles. The topological polar surface area (TPSA) is 58.4 Å². The van der Waals surface area contributed by atoms with Crippen LogP contribution in [0.2, 0.25) is 0 Å². The quantitative estimate of drug-likeness (QED) is 0.827. The number of amides is 1. The third kappa shape index (κ3) is 4.10. The largest absolute Gasteiger partial charge is 0.401 e. The van der Waals surface area contributed by atoms with Crippen LogP contribution in [0.1, 0.15) is 32.6 Å². The summed E-state index contributed by atoms with van der Waals surface area (Å²) in [7, 11) is 0. The molecule has 3 unspecified atom stereocenters. The predicted molar refractivity (Wildman–Crippen MR) is 73.5 cm³/mol. The van der Waals surface area contributed by atoms with Crippen LogP contribution in [-0.4, -0.2) is 49.2 Å². The van der Waals surface area contributed by atoms with E-state index in [1.54, 1.807) is 0 Å². The molecule has 4 nitrogen and oxygen atoms in total. The molecule has 1 heterocycles. The Bertz CT molecular complexity index is 388. The molecule has 0 aromatic heterocycles. The molecule has 0 aromatic carbocycles. The van der Waals surface area contributed by atoms with Crippen LogP contribution < -0.4 is 11.1 Å². The van der Waals surface area contributed by atoms with E-state index < -0.39 is 18.1 Å². The minimum Gasteiger partial charge on any atom is -0.355 e. The van der Waals surface area contributed by atoms with Crippen molar-refractivity contribution in [1.29, 1.82) is 0 Å². The van der Waals surface area contributed by atoms with Gasteiger partial charge in [0.2, 0.25) is 5.91 Å². The van der Waals surface area contributed by atoms with Crippen molar-refractivity contribution in [2.24, 2.45) is 17.1 Å². The zero-order valence-corrected chi connectivity index (χ0v) is 12.4. The third-order valence-electron chi connectivity index (χ3n) is 4.87. The smallest absolute Gasteiger partial charge is 0.355 e. The van der Waals surface area contributed by atoms with Crippen LogP contribution in [-0.2, 0) is 4.79 Å². The molecule has 3 atom stereocenters. The van der Waals surface area contributed by atoms with Gasteiger partial charge in [-0.3, -0.25) is 9.69 Å². The normalized spacial score (nSPS) is 34.3. The summed E-state index contributed by atoms with van der Waals surface area (Å²) >= 11 is 0. The summed E-state index contributed by atoms with van der Waals surface area (Å²) in [5.74, 6) is 0.0410. The molecule has 1 aliphatic carbocycles. The van der Waals surface area contributed by atoms with Gasteiger partial charge in [-0.05, 0) is 38.6 Å². The number of halogens is 3. The van der Waals surface area contributed by atoms with E-state index in [-0.39, 0.29) is 17.9 Å². The molecule has 1 aliphatic heterocycles. The number of hydrogen-bond donors (Lipinski definition) is 2. The van der Waals surface area contributed by atoms with E-state index in [9.17, 15) is 18.0 Å². The Hall–Kier alpha value is -0.820. The van der Waals surface area contributed by atoms with Crippen molar-refractivity contribution in [2.75, 3.05) is 26.2 Å². The highest BCUT2D eigenvalue weighted by Gasteiger charge is 2.43. The minimum atomic E-state index is -4.15. The molecule has 2 rings (SSSR count). The molecule has 0 bridgehead atoms. The number of rotatable bonds is 4. The van der Waals surface area contributed by atoms with Crippen LogP contribution in [0.15, 0.2) is 0 Å². The Morgan fingerprint density at radius 3 is 2.71 bits per heavy atom. The Morgan fingerprint density at radius 1 is 1.43 bits per heavy atom. The van der Waals surface area contributed by atoms with Crippen molar-refractivity contribution in [3.8, 4) is 0 Å². The Labute approximate surface area is 123 Å². The van der Waals surface area contributed by atoms with Crippen molar-refractivity contribution >= 4 is 5.91 Å². The van der Waals surface area contributed by atoms with Gasteiger partial charge < -0.3 is 11.1 Å². The van der Waals surface area contributed by atoms with Gasteiger partial charge in [0.05, 0.1) is 12.0 Å². The lowest BCUT2D eigenvalue weighted by atomic mass is 9.84. The number of nitrogens with zero attached hydrogens (tertiary/aromatic N) is 1. The first kappa shape index (κ1) is 16.5. The predicted octanol–water partition coefficient (Wildman–Crippen LogP) is 1.50. The van der Waals surface area contributed by atoms with E-state index in [1.807, 2.05) is 6.92 Å². The van der Waals surface area contributed by atoms with Crippen LogP contribution in [0.4, 0.5) is 13.2 Å². The summed E-state index contributed by atoms with van der Waals surface area (Å²) in [5, 5.41) is 2.89. The highest BCUT2D eigenvalue weighted by atomic mass is 19.4. The molecular weight excluding hydrogens is 283 g/mol. The third-order valence-corrected chi connectivity index (χ3v) is 4.87. The minimum absolute atomic E-state index is 0.0539. The fourth-order valence-electron chi connectivity index (χ4n) is 3.39. The van der Waals surface area contributed by atoms with E-state index in [2.05, 4.69) is 5.32 Å². The lowest BCUT2D eigenvalue weighted by Crippen LogP contribution is -2.48. The maximum Gasteiger partial charge on any atom is 0.401 e. The molecule has 1 amide bonds. The first-order valence-corrected chi connectivity index (χ1v) is 7.54. The van der Waals surface area contributed by atoms with Gasteiger partial charge in [0.15, 0.2) is 0 Å². The van der Waals surface area contributed by atoms with E-state index in [0.29, 0.717) is 26.1 Å². The van der Waals surface area contributed by atoms with Gasteiger partial charge in [0.1, 0.15) is 0 Å². The lowest BCUT2D eigenvalue weighted by molar-refractivity contribution is -0.144. The molecule has 2 aliphatic rings. The summed E-state index contributed by atoms with van der Waals surface area (Å²) in [5.41, 5.74) is 5.47. The molecule has 1 saturated carbocycles. The fourth-order valence-corrected chi connectivity index (χ4v) is 3.39. The molecular formula is C14H24F3N3O. The average molecular weight is 307 g/mol. The van der Waals surface area contributed by atoms with Gasteiger partial charge in [0.25, 0.3) is 0 Å². The highest BCUT2D eigenvalue weighted by Crippen LogP contribution is 2.36. The fraction of sp³-hybridized carbons (Fsp3) is 0.929. The number of hydrogen-bond acceptors (Lipinski definition) is 3. The molecule has 0 aromatic rings. The molecule has 122 valence electrons. The van der Waals surface area contributed by atoms with E-state index >= 15 is 0 Å². The first-order chi connectivity index (χ1) is 9.71. The van der Waals surface area contributed by atoms with E-state index in [0.717, 1.165) is 19.3 Å². The van der Waals surface area contributed by atoms with E-state index in [1.165, 1.54) is 4.90 Å². The lowest BCUT2D eigenvalue weighted by Gasteiger charge is -2.28. The summed E-state index contributed by atoms with van der Waals surface area (Å²) in [6, 6.07) is -0.122. The van der Waals surface area contributed by atoms with Crippen molar-refractivity contribution in [3.63, 3.8) is 0 Å². The highest BCUT2D eigenvalue weighted by molar-refractivity contribution is 5.83. The monoisotopic (exact) mass is 307 g/mol. The van der Waals surface area contributed by atoms with Gasteiger partial charge in [-0.15, -0.1) is 0 Å². The van der Waals surface area contributed by atoms with Crippen molar-refractivity contribution in [1.82, 2.24) is 10.2 Å². The summed E-state index contributed by atoms with van der Waals surface area (Å²) in [6.07, 6.45) is -0.868. The van der Waals surface area contributed by atoms with Gasteiger partial charge >= 0.3 is 6.18 Å². The van der Waals surface area contributed by atoms with Crippen molar-refractivity contribution in [3.05, 3.63) is 0 Å². The molecule has 2 fully saturated rings. The van der Waals surface area contributed by atoms with Crippen molar-refractivity contribution in [2.45, 2.75) is 44.8 Å². The summed E-state index contributed by atoms with van der Waals surface area (Å²) in [4.78, 5) is 13.7. The van der Waals surface area contributed by atoms with Gasteiger partial charge in [-0.25, -0.2) is 0 Å². The Balaban J connectivity index is 1.76. The molecule has 3 N–H and O–H groups in total. The molecule has 0 radical (unpaired) electrons. The molecule has 0 spiro atoms. The van der Waals surface area contributed by atoms with Crippen LogP contribution in [0.3, 0.4) is 0 Å². The second kappa shape index (κ2) is 6.12. The summed E-state index contributed by atoms with van der Waals surface area (Å²) < 4.78 is 37.0. The van der Waals surface area contributed by atoms with Crippen LogP contribution >= 0.6 is 0 Å². The summed E-state index contributed by atoms with van der Waals surface area (Å²) in [6.45, 7) is 2.29. The van der Waals surface area contributed by atoms with Gasteiger partial charge in [-0.2, -0.15) is 13.2 Å². The Morgan fingerprint density at radius 2 is 2.14 bits per heavy atom. The number of nitrogens with one attached hydrogen (secondary N) is 1. The number of likely N-dealkylation sites (tertiary alicyclic amines) is 1. The maximum atomic E-state index is 12.3. The Kier molecular flexibility index (Phi) is 4.82. The van der Waals surface area contributed by atoms with Crippen LogP contribution in [0, 0.1) is 11.3 Å². The molecule has 7 heteroatoms. The SMILES string of the molecule is CC1(C(=O)NCC2CCN(CC(F)(F)F)C2)CCCC1N. The maximum absolute atomic E-state index is 12.3. The molecule has 21 heavy (non-hydrogen) atoms. The van der Waals surface area contributed by atoms with Gasteiger partial charge in [-0.1, -0.05) is 6.42 Å². The zero-order valence-electron chi connectivity index (χ0n) is 12.4. The second-order valence-electron chi connectivity index (χ2n) is 6.63. The standard InChI is InChI=1S/C14H24F3N3O/c1-13(5-2-3-11(13)18)12(21)19-7-10-4-6-20(8-10)9-14(15,16)17/h10-11H,2-9,18H2,1H3,(H,19,21). The van der Waals surface area contributed by atoms with Crippen molar-refractivity contribution < 1.29 is 18.0 Å². The second-order valence-corrected chi connectivity index (χ2v) is 6.63. The number of carbonyl (C=O) groups is 1. The number of carbonyl (C=O) groups excluding carboxylic acids is 1. The van der Waals surface area contributed by atoms with Crippen LogP contribution in [0.5, 0.6) is 0 Å². The van der Waals surface area contributed by atoms with Gasteiger partial charge in [0, 0.05) is 19.1 Å². The average Bonchev–Trinajstić information content (AvgIpc) is 2.93.